The fraction of sp³-hybridized carbons (Fsp3) is 0.200. The van der Waals surface area contributed by atoms with E-state index in [4.69, 9.17) is 4.84 Å². The summed E-state index contributed by atoms with van der Waals surface area (Å²) in [6.07, 6.45) is 1.48. The Bertz CT molecular complexity index is 862. The van der Waals surface area contributed by atoms with E-state index < -0.39 is 19.9 Å². The van der Waals surface area contributed by atoms with E-state index in [9.17, 15) is 16.8 Å². The number of sulfone groups is 1. The zero-order chi connectivity index (χ0) is 16.9. The second kappa shape index (κ2) is 7.22. The van der Waals surface area contributed by atoms with Gasteiger partial charge >= 0.3 is 0 Å². The summed E-state index contributed by atoms with van der Waals surface area (Å²) < 4.78 is 47.8. The van der Waals surface area contributed by atoms with Gasteiger partial charge < -0.3 is 0 Å². The lowest BCUT2D eigenvalue weighted by atomic mass is 10.2. The number of hydrogen-bond donors (Lipinski definition) is 1. The number of hydrogen-bond acceptors (Lipinski definition) is 5. The second-order valence-corrected chi connectivity index (χ2v) is 8.49. The van der Waals surface area contributed by atoms with Gasteiger partial charge in [-0.25, -0.2) is 16.8 Å². The summed E-state index contributed by atoms with van der Waals surface area (Å²) in [4.78, 5) is 6.36. The largest absolute Gasteiger partial charge is 0.286 e. The lowest BCUT2D eigenvalue weighted by Gasteiger charge is -2.10. The van der Waals surface area contributed by atoms with Gasteiger partial charge in [0.1, 0.15) is 4.90 Å². The standard InChI is InChI=1S/C15H17NO5S2/c1-22(17,18)14-9-5-6-10-15(14)23(19,20)16-21-12-11-13-7-3-2-4-8-13/h2-10,16H,11-12H2,1H3. The zero-order valence-corrected chi connectivity index (χ0v) is 14.1. The van der Waals surface area contributed by atoms with Crippen molar-refractivity contribution >= 4 is 19.9 Å². The first-order valence-corrected chi connectivity index (χ1v) is 10.1. The van der Waals surface area contributed by atoms with Crippen LogP contribution in [0.3, 0.4) is 0 Å². The highest BCUT2D eigenvalue weighted by molar-refractivity contribution is 7.93. The third-order valence-electron chi connectivity index (χ3n) is 3.04. The molecule has 8 heteroatoms. The Morgan fingerprint density at radius 2 is 1.43 bits per heavy atom. The molecule has 0 atom stereocenters. The summed E-state index contributed by atoms with van der Waals surface area (Å²) >= 11 is 0. The van der Waals surface area contributed by atoms with Gasteiger partial charge in [0.2, 0.25) is 0 Å². The fourth-order valence-corrected chi connectivity index (χ4v) is 4.42. The molecule has 0 saturated heterocycles. The van der Waals surface area contributed by atoms with Crippen molar-refractivity contribution in [1.82, 2.24) is 4.89 Å². The maximum absolute atomic E-state index is 12.2. The fourth-order valence-electron chi connectivity index (χ4n) is 1.96. The summed E-state index contributed by atoms with van der Waals surface area (Å²) in [5.41, 5.74) is 1.00. The molecule has 0 saturated carbocycles. The van der Waals surface area contributed by atoms with Crippen molar-refractivity contribution in [3.8, 4) is 0 Å². The summed E-state index contributed by atoms with van der Waals surface area (Å²) in [7, 11) is -7.74. The SMILES string of the molecule is CS(=O)(=O)c1ccccc1S(=O)(=O)NOCCc1ccccc1. The second-order valence-electron chi connectivity index (χ2n) is 4.89. The van der Waals surface area contributed by atoms with E-state index in [1.54, 1.807) is 0 Å². The number of sulfonamides is 1. The molecule has 0 fully saturated rings. The molecule has 0 radical (unpaired) electrons. The first-order chi connectivity index (χ1) is 10.8. The van der Waals surface area contributed by atoms with E-state index in [1.807, 2.05) is 35.2 Å². The topological polar surface area (TPSA) is 89.5 Å². The molecule has 6 nitrogen and oxygen atoms in total. The van der Waals surface area contributed by atoms with Crippen molar-refractivity contribution in [2.24, 2.45) is 0 Å². The van der Waals surface area contributed by atoms with E-state index in [0.717, 1.165) is 11.8 Å². The minimum Gasteiger partial charge on any atom is -0.286 e. The molecule has 0 aromatic heterocycles. The molecule has 0 spiro atoms. The molecule has 1 N–H and O–H groups in total. The first kappa shape index (κ1) is 17.6. The zero-order valence-electron chi connectivity index (χ0n) is 12.5. The summed E-state index contributed by atoms with van der Waals surface area (Å²) in [5.74, 6) is 0. The number of benzene rings is 2. The molecule has 0 aliphatic carbocycles. The van der Waals surface area contributed by atoms with Gasteiger partial charge in [-0.15, -0.1) is 0 Å². The lowest BCUT2D eigenvalue weighted by molar-refractivity contribution is 0.0958. The van der Waals surface area contributed by atoms with Gasteiger partial charge in [0.05, 0.1) is 11.5 Å². The smallest absolute Gasteiger partial charge is 0.263 e. The van der Waals surface area contributed by atoms with Gasteiger partial charge in [0.25, 0.3) is 10.0 Å². The Labute approximate surface area is 136 Å². The molecular formula is C15H17NO5S2. The monoisotopic (exact) mass is 355 g/mol. The van der Waals surface area contributed by atoms with Crippen LogP contribution in [0, 0.1) is 0 Å². The van der Waals surface area contributed by atoms with Gasteiger partial charge in [-0.1, -0.05) is 47.3 Å². The van der Waals surface area contributed by atoms with Gasteiger partial charge in [-0.2, -0.15) is 0 Å². The quantitative estimate of drug-likeness (QED) is 0.601. The predicted octanol–water partition coefficient (Wildman–Crippen LogP) is 1.54. The van der Waals surface area contributed by atoms with Crippen LogP contribution in [0.5, 0.6) is 0 Å². The third kappa shape index (κ3) is 4.87. The van der Waals surface area contributed by atoms with Crippen LogP contribution < -0.4 is 4.89 Å². The normalized spacial score (nSPS) is 12.2. The Kier molecular flexibility index (Phi) is 5.53. The molecule has 0 heterocycles. The molecule has 0 unspecified atom stereocenters. The predicted molar refractivity (Wildman–Crippen MR) is 86.0 cm³/mol. The van der Waals surface area contributed by atoms with Crippen molar-refractivity contribution in [1.29, 1.82) is 0 Å². The van der Waals surface area contributed by atoms with Crippen LogP contribution >= 0.6 is 0 Å². The van der Waals surface area contributed by atoms with Crippen molar-refractivity contribution in [2.45, 2.75) is 16.2 Å². The molecule has 0 amide bonds. The van der Waals surface area contributed by atoms with Crippen LogP contribution in [0.1, 0.15) is 5.56 Å². The molecule has 2 aromatic rings. The van der Waals surface area contributed by atoms with E-state index in [-0.39, 0.29) is 16.4 Å². The Hall–Kier alpha value is -1.74. The molecule has 0 aliphatic rings. The maximum atomic E-state index is 12.2. The molecule has 124 valence electrons. The summed E-state index contributed by atoms with van der Waals surface area (Å²) in [5, 5.41) is 0. The van der Waals surface area contributed by atoms with Gasteiger partial charge in [0.15, 0.2) is 9.84 Å². The molecule has 0 aliphatic heterocycles. The molecular weight excluding hydrogens is 338 g/mol. The average Bonchev–Trinajstić information content (AvgIpc) is 2.52. The van der Waals surface area contributed by atoms with E-state index >= 15 is 0 Å². The minimum atomic E-state index is -4.08. The molecule has 2 aromatic carbocycles. The first-order valence-electron chi connectivity index (χ1n) is 6.77. The van der Waals surface area contributed by atoms with Gasteiger partial charge in [-0.05, 0) is 24.1 Å². The van der Waals surface area contributed by atoms with Crippen molar-refractivity contribution in [2.75, 3.05) is 12.9 Å². The van der Waals surface area contributed by atoms with Crippen LogP contribution in [-0.2, 0) is 31.1 Å². The summed E-state index contributed by atoms with van der Waals surface area (Å²) in [6.45, 7) is 0.129. The Morgan fingerprint density at radius 3 is 2.04 bits per heavy atom. The van der Waals surface area contributed by atoms with Crippen LogP contribution in [0.4, 0.5) is 0 Å². The van der Waals surface area contributed by atoms with Crippen molar-refractivity contribution in [3.05, 3.63) is 60.2 Å². The highest BCUT2D eigenvalue weighted by Gasteiger charge is 2.23. The highest BCUT2D eigenvalue weighted by atomic mass is 32.2. The van der Waals surface area contributed by atoms with Gasteiger partial charge in [0, 0.05) is 6.26 Å². The highest BCUT2D eigenvalue weighted by Crippen LogP contribution is 2.20. The van der Waals surface area contributed by atoms with Gasteiger partial charge in [-0.3, -0.25) is 4.84 Å². The van der Waals surface area contributed by atoms with Crippen LogP contribution in [-0.4, -0.2) is 29.7 Å². The van der Waals surface area contributed by atoms with Crippen molar-refractivity contribution in [3.63, 3.8) is 0 Å². The lowest BCUT2D eigenvalue weighted by Crippen LogP contribution is -2.26. The summed E-state index contributed by atoms with van der Waals surface area (Å²) in [6, 6.07) is 14.8. The van der Waals surface area contributed by atoms with E-state index in [1.165, 1.54) is 24.3 Å². The van der Waals surface area contributed by atoms with Crippen LogP contribution in [0.25, 0.3) is 0 Å². The molecule has 2 rings (SSSR count). The van der Waals surface area contributed by atoms with E-state index in [0.29, 0.717) is 6.42 Å². The number of nitrogens with one attached hydrogen (secondary N) is 1. The Morgan fingerprint density at radius 1 is 0.870 bits per heavy atom. The van der Waals surface area contributed by atoms with Crippen LogP contribution in [0.15, 0.2) is 64.4 Å². The number of rotatable bonds is 7. The average molecular weight is 355 g/mol. The molecule has 23 heavy (non-hydrogen) atoms. The van der Waals surface area contributed by atoms with Crippen molar-refractivity contribution < 1.29 is 21.7 Å². The minimum absolute atomic E-state index is 0.129. The third-order valence-corrected chi connectivity index (χ3v) is 5.60. The van der Waals surface area contributed by atoms with E-state index in [2.05, 4.69) is 0 Å². The maximum Gasteiger partial charge on any atom is 0.263 e. The van der Waals surface area contributed by atoms with Crippen LogP contribution in [0.2, 0.25) is 0 Å². The Balaban J connectivity index is 2.06. The molecule has 0 bridgehead atoms.